The van der Waals surface area contributed by atoms with Gasteiger partial charge < -0.3 is 0 Å². The van der Waals surface area contributed by atoms with Crippen LogP contribution in [0.15, 0.2) is 72.9 Å². The van der Waals surface area contributed by atoms with E-state index in [9.17, 15) is 9.59 Å². The second-order valence-electron chi connectivity index (χ2n) is 6.35. The predicted molar refractivity (Wildman–Crippen MR) is 96.4 cm³/mol. The summed E-state index contributed by atoms with van der Waals surface area (Å²) >= 11 is 0. The number of nitrogens with zero attached hydrogens (tertiary/aromatic N) is 1. The molecule has 3 heteroatoms. The highest BCUT2D eigenvalue weighted by atomic mass is 16.2. The average Bonchev–Trinajstić information content (AvgIpc) is 3.08. The molecular formula is C22H17NO2. The zero-order valence-electron chi connectivity index (χ0n) is 13.6. The first-order valence-corrected chi connectivity index (χ1v) is 8.36. The van der Waals surface area contributed by atoms with Gasteiger partial charge in [0.25, 0.3) is 0 Å². The lowest BCUT2D eigenvalue weighted by Gasteiger charge is -2.18. The van der Waals surface area contributed by atoms with Crippen LogP contribution >= 0.6 is 0 Å². The van der Waals surface area contributed by atoms with Gasteiger partial charge in [-0.25, -0.2) is 0 Å². The summed E-state index contributed by atoms with van der Waals surface area (Å²) in [5.41, 5.74) is 5.09. The van der Waals surface area contributed by atoms with Gasteiger partial charge in [-0.3, -0.25) is 14.6 Å². The Morgan fingerprint density at radius 3 is 2.56 bits per heavy atom. The number of aldehydes is 1. The monoisotopic (exact) mass is 327 g/mol. The molecule has 0 spiro atoms. The maximum absolute atomic E-state index is 12.3. The van der Waals surface area contributed by atoms with Gasteiger partial charge in [-0.05, 0) is 35.2 Å². The van der Waals surface area contributed by atoms with E-state index in [1.54, 1.807) is 6.20 Å². The van der Waals surface area contributed by atoms with E-state index in [0.717, 1.165) is 34.4 Å². The van der Waals surface area contributed by atoms with Crippen molar-refractivity contribution in [1.82, 2.24) is 4.98 Å². The Bertz CT molecular complexity index is 934. The fourth-order valence-electron chi connectivity index (χ4n) is 3.77. The minimum absolute atomic E-state index is 0.0273. The lowest BCUT2D eigenvalue weighted by atomic mass is 9.84. The third-order valence-corrected chi connectivity index (χ3v) is 4.94. The molecule has 0 saturated carbocycles. The van der Waals surface area contributed by atoms with Crippen LogP contribution in [0.5, 0.6) is 0 Å². The summed E-state index contributed by atoms with van der Waals surface area (Å²) < 4.78 is 0. The Labute approximate surface area is 146 Å². The molecule has 0 N–H and O–H groups in total. The van der Waals surface area contributed by atoms with Crippen molar-refractivity contribution >= 4 is 12.1 Å². The van der Waals surface area contributed by atoms with E-state index in [2.05, 4.69) is 4.98 Å². The Hall–Kier alpha value is -3.07. The van der Waals surface area contributed by atoms with Gasteiger partial charge in [0.2, 0.25) is 5.78 Å². The standard InChI is InChI=1S/C22H17NO2/c24-14-21(25)22-18-9-5-4-8-16(18)12-19(22)17-10-11-23-20(13-17)15-6-2-1-3-7-15/h1-11,13-14,19,22H,12H2. The molecule has 3 aromatic rings. The number of carbonyl (C=O) groups excluding carboxylic acids is 2. The van der Waals surface area contributed by atoms with Crippen LogP contribution in [-0.2, 0) is 16.0 Å². The summed E-state index contributed by atoms with van der Waals surface area (Å²) in [4.78, 5) is 28.0. The number of hydrogen-bond donors (Lipinski definition) is 0. The summed E-state index contributed by atoms with van der Waals surface area (Å²) in [5, 5.41) is 0. The van der Waals surface area contributed by atoms with E-state index >= 15 is 0 Å². The van der Waals surface area contributed by atoms with Crippen molar-refractivity contribution in [2.24, 2.45) is 0 Å². The molecule has 2 aromatic carbocycles. The van der Waals surface area contributed by atoms with Crippen LogP contribution in [0.4, 0.5) is 0 Å². The Balaban J connectivity index is 1.77. The van der Waals surface area contributed by atoms with E-state index in [4.69, 9.17) is 0 Å². The van der Waals surface area contributed by atoms with Gasteiger partial charge in [0, 0.05) is 17.7 Å². The number of ketones is 1. The number of fused-ring (bicyclic) bond motifs is 1. The SMILES string of the molecule is O=CC(=O)C1c2ccccc2CC1c1ccnc(-c2ccccc2)c1. The number of benzene rings is 2. The largest absolute Gasteiger partial charge is 0.295 e. The summed E-state index contributed by atoms with van der Waals surface area (Å²) in [6, 6.07) is 21.9. The molecule has 2 atom stereocenters. The number of rotatable bonds is 4. The van der Waals surface area contributed by atoms with Gasteiger partial charge in [0.15, 0.2) is 6.29 Å². The fraction of sp³-hybridized carbons (Fsp3) is 0.136. The molecule has 2 unspecified atom stereocenters. The molecule has 1 heterocycles. The van der Waals surface area contributed by atoms with Crippen LogP contribution in [0.1, 0.15) is 28.5 Å². The lowest BCUT2D eigenvalue weighted by molar-refractivity contribution is -0.131. The molecule has 3 nitrogen and oxygen atoms in total. The first-order chi connectivity index (χ1) is 12.3. The number of hydrogen-bond acceptors (Lipinski definition) is 3. The molecule has 122 valence electrons. The highest BCUT2D eigenvalue weighted by Gasteiger charge is 2.37. The van der Waals surface area contributed by atoms with Crippen molar-refractivity contribution in [3.05, 3.63) is 89.6 Å². The van der Waals surface area contributed by atoms with E-state index in [0.29, 0.717) is 6.29 Å². The maximum atomic E-state index is 12.3. The van der Waals surface area contributed by atoms with Gasteiger partial charge in [0.05, 0.1) is 11.6 Å². The summed E-state index contributed by atoms with van der Waals surface area (Å²) in [6.07, 6.45) is 3.00. The maximum Gasteiger partial charge on any atom is 0.203 e. The quantitative estimate of drug-likeness (QED) is 0.538. The molecule has 1 aromatic heterocycles. The number of aromatic nitrogens is 1. The summed E-state index contributed by atoms with van der Waals surface area (Å²) in [5.74, 6) is -0.784. The lowest BCUT2D eigenvalue weighted by Crippen LogP contribution is -2.18. The Morgan fingerprint density at radius 1 is 1.00 bits per heavy atom. The molecule has 1 aliphatic carbocycles. The Kier molecular flexibility index (Phi) is 3.98. The molecule has 0 bridgehead atoms. The van der Waals surface area contributed by atoms with Gasteiger partial charge in [0.1, 0.15) is 0 Å². The van der Waals surface area contributed by atoms with Crippen molar-refractivity contribution in [3.8, 4) is 11.3 Å². The van der Waals surface area contributed by atoms with Crippen molar-refractivity contribution < 1.29 is 9.59 Å². The van der Waals surface area contributed by atoms with Gasteiger partial charge in [-0.2, -0.15) is 0 Å². The predicted octanol–water partition coefficient (Wildman–Crippen LogP) is 3.94. The van der Waals surface area contributed by atoms with E-state index < -0.39 is 5.92 Å². The number of Topliss-reactive ketones (excluding diaryl/α,β-unsaturated/α-hetero) is 1. The zero-order chi connectivity index (χ0) is 17.2. The van der Waals surface area contributed by atoms with Crippen LogP contribution in [0.2, 0.25) is 0 Å². The van der Waals surface area contributed by atoms with Crippen LogP contribution in [0.3, 0.4) is 0 Å². The van der Waals surface area contributed by atoms with E-state index in [-0.39, 0.29) is 11.7 Å². The zero-order valence-corrected chi connectivity index (χ0v) is 13.6. The van der Waals surface area contributed by atoms with E-state index in [1.807, 2.05) is 66.7 Å². The molecule has 0 amide bonds. The van der Waals surface area contributed by atoms with Gasteiger partial charge in [-0.15, -0.1) is 0 Å². The Morgan fingerprint density at radius 2 is 1.76 bits per heavy atom. The van der Waals surface area contributed by atoms with Crippen molar-refractivity contribution in [1.29, 1.82) is 0 Å². The highest BCUT2D eigenvalue weighted by molar-refractivity contribution is 6.28. The normalized spacial score (nSPS) is 18.6. The topological polar surface area (TPSA) is 47.0 Å². The van der Waals surface area contributed by atoms with Crippen molar-refractivity contribution in [2.45, 2.75) is 18.3 Å². The van der Waals surface area contributed by atoms with E-state index in [1.165, 1.54) is 0 Å². The summed E-state index contributed by atoms with van der Waals surface area (Å²) in [6.45, 7) is 0. The molecule has 1 aliphatic rings. The van der Waals surface area contributed by atoms with Gasteiger partial charge in [-0.1, -0.05) is 54.6 Å². The molecule has 4 rings (SSSR count). The average molecular weight is 327 g/mol. The van der Waals surface area contributed by atoms with Crippen LogP contribution in [-0.4, -0.2) is 17.1 Å². The second kappa shape index (κ2) is 6.44. The molecule has 0 saturated heterocycles. The molecule has 0 aliphatic heterocycles. The van der Waals surface area contributed by atoms with Gasteiger partial charge >= 0.3 is 0 Å². The van der Waals surface area contributed by atoms with Crippen LogP contribution < -0.4 is 0 Å². The molecular weight excluding hydrogens is 310 g/mol. The first-order valence-electron chi connectivity index (χ1n) is 8.36. The van der Waals surface area contributed by atoms with Crippen molar-refractivity contribution in [3.63, 3.8) is 0 Å². The third kappa shape index (κ3) is 2.78. The smallest absolute Gasteiger partial charge is 0.203 e. The molecule has 25 heavy (non-hydrogen) atoms. The second-order valence-corrected chi connectivity index (χ2v) is 6.35. The van der Waals surface area contributed by atoms with Crippen molar-refractivity contribution in [2.75, 3.05) is 0 Å². The molecule has 0 radical (unpaired) electrons. The minimum Gasteiger partial charge on any atom is -0.295 e. The number of carbonyl (C=O) groups is 2. The minimum atomic E-state index is -0.403. The third-order valence-electron chi connectivity index (χ3n) is 4.94. The highest BCUT2D eigenvalue weighted by Crippen LogP contribution is 2.44. The number of pyridine rings is 1. The fourth-order valence-corrected chi connectivity index (χ4v) is 3.77. The summed E-state index contributed by atoms with van der Waals surface area (Å²) in [7, 11) is 0. The van der Waals surface area contributed by atoms with Crippen LogP contribution in [0, 0.1) is 0 Å². The van der Waals surface area contributed by atoms with Crippen LogP contribution in [0.25, 0.3) is 11.3 Å². The first kappa shape index (κ1) is 15.5. The molecule has 0 fully saturated rings.